The van der Waals surface area contributed by atoms with Gasteiger partial charge in [0.1, 0.15) is 0 Å². The second-order valence-electron chi connectivity index (χ2n) is 7.40. The van der Waals surface area contributed by atoms with E-state index in [0.717, 1.165) is 37.4 Å². The van der Waals surface area contributed by atoms with E-state index >= 15 is 0 Å². The molecular weight excluding hydrogens is 323 g/mol. The summed E-state index contributed by atoms with van der Waals surface area (Å²) in [6.07, 6.45) is 0.171. The highest BCUT2D eigenvalue weighted by molar-refractivity contribution is 5.30. The van der Waals surface area contributed by atoms with Crippen LogP contribution in [0.15, 0.2) is 48.5 Å². The van der Waals surface area contributed by atoms with Gasteiger partial charge in [-0.25, -0.2) is 0 Å². The Hall–Kier alpha value is -1.81. The molecule has 4 heteroatoms. The topological polar surface area (TPSA) is 3.24 Å². The van der Waals surface area contributed by atoms with Gasteiger partial charge in [0.15, 0.2) is 0 Å². The average Bonchev–Trinajstić information content (AvgIpc) is 2.55. The van der Waals surface area contributed by atoms with Crippen molar-refractivity contribution in [2.45, 2.75) is 44.4 Å². The van der Waals surface area contributed by atoms with Gasteiger partial charge in [0.25, 0.3) is 0 Å². The molecule has 0 radical (unpaired) electrons. The normalized spacial score (nSPS) is 23.8. The summed E-state index contributed by atoms with van der Waals surface area (Å²) in [6.45, 7) is 1.59. The molecule has 0 amide bonds. The van der Waals surface area contributed by atoms with Gasteiger partial charge in [0.2, 0.25) is 0 Å². The molecule has 2 heterocycles. The number of rotatable bonds is 2. The molecule has 0 spiro atoms. The second-order valence-corrected chi connectivity index (χ2v) is 7.40. The number of piperidine rings is 1. The molecule has 0 aromatic heterocycles. The fourth-order valence-electron chi connectivity index (χ4n) is 4.38. The first kappa shape index (κ1) is 16.6. The Morgan fingerprint density at radius 2 is 1.68 bits per heavy atom. The molecule has 2 bridgehead atoms. The van der Waals surface area contributed by atoms with Gasteiger partial charge >= 0.3 is 6.18 Å². The van der Waals surface area contributed by atoms with Crippen molar-refractivity contribution in [2.75, 3.05) is 6.54 Å². The molecule has 0 unspecified atom stereocenters. The molecule has 2 aromatic carbocycles. The zero-order valence-corrected chi connectivity index (χ0v) is 14.1. The van der Waals surface area contributed by atoms with Crippen LogP contribution in [0, 0.1) is 5.92 Å². The lowest BCUT2D eigenvalue weighted by Gasteiger charge is -2.42. The van der Waals surface area contributed by atoms with Crippen LogP contribution in [0.25, 0.3) is 0 Å². The van der Waals surface area contributed by atoms with Crippen LogP contribution >= 0.6 is 0 Å². The standard InChI is InChI=1S/C21H22F3N/c22-21(23,24)19-7-3-4-15(11-19)13-25-14-16-8-9-20(25)12-18-6-2-1-5-17(18)10-16/h1-7,11,16,20H,8-10,12-14H2/t16-,20-/m1/s1. The van der Waals surface area contributed by atoms with E-state index in [9.17, 15) is 13.2 Å². The van der Waals surface area contributed by atoms with Crippen molar-refractivity contribution in [1.82, 2.24) is 4.90 Å². The van der Waals surface area contributed by atoms with E-state index in [1.54, 1.807) is 0 Å². The maximum atomic E-state index is 13.0. The SMILES string of the molecule is FC(F)(F)c1cccc(CN2C[C@@H]3CC[C@@H]2Cc2ccccc2C3)c1. The largest absolute Gasteiger partial charge is 0.416 e. The Bertz CT molecular complexity index is 753. The van der Waals surface area contributed by atoms with Crippen molar-refractivity contribution in [2.24, 2.45) is 5.92 Å². The Labute approximate surface area is 146 Å². The predicted molar refractivity (Wildman–Crippen MR) is 92.2 cm³/mol. The number of nitrogens with zero attached hydrogens (tertiary/aromatic N) is 1. The third kappa shape index (κ3) is 3.59. The highest BCUT2D eigenvalue weighted by Crippen LogP contribution is 2.34. The van der Waals surface area contributed by atoms with Crippen LogP contribution in [0.4, 0.5) is 13.2 Å². The predicted octanol–water partition coefficient (Wildman–Crippen LogP) is 5.08. The summed E-state index contributed by atoms with van der Waals surface area (Å²) in [5.41, 5.74) is 3.07. The monoisotopic (exact) mass is 345 g/mol. The van der Waals surface area contributed by atoms with Crippen molar-refractivity contribution in [1.29, 1.82) is 0 Å². The van der Waals surface area contributed by atoms with E-state index in [1.807, 2.05) is 6.07 Å². The molecule has 1 aliphatic carbocycles. The van der Waals surface area contributed by atoms with Crippen LogP contribution in [0.2, 0.25) is 0 Å². The molecule has 1 fully saturated rings. The van der Waals surface area contributed by atoms with Gasteiger partial charge in [-0.2, -0.15) is 13.2 Å². The number of hydrogen-bond donors (Lipinski definition) is 0. The first-order valence-corrected chi connectivity index (χ1v) is 8.96. The van der Waals surface area contributed by atoms with Gasteiger partial charge in [0, 0.05) is 19.1 Å². The van der Waals surface area contributed by atoms with E-state index in [1.165, 1.54) is 29.7 Å². The highest BCUT2D eigenvalue weighted by Gasteiger charge is 2.33. The highest BCUT2D eigenvalue weighted by atomic mass is 19.4. The Morgan fingerprint density at radius 3 is 2.44 bits per heavy atom. The third-order valence-corrected chi connectivity index (χ3v) is 5.64. The van der Waals surface area contributed by atoms with Crippen molar-refractivity contribution >= 4 is 0 Å². The van der Waals surface area contributed by atoms with Crippen LogP contribution in [0.3, 0.4) is 0 Å². The summed E-state index contributed by atoms with van der Waals surface area (Å²) in [5, 5.41) is 0. The molecule has 132 valence electrons. The van der Waals surface area contributed by atoms with Gasteiger partial charge in [-0.05, 0) is 54.4 Å². The number of benzene rings is 2. The molecule has 2 aromatic rings. The molecule has 2 aliphatic heterocycles. The van der Waals surface area contributed by atoms with Gasteiger partial charge < -0.3 is 0 Å². The molecule has 25 heavy (non-hydrogen) atoms. The zero-order chi connectivity index (χ0) is 17.4. The van der Waals surface area contributed by atoms with Crippen molar-refractivity contribution in [3.8, 4) is 0 Å². The zero-order valence-electron chi connectivity index (χ0n) is 14.1. The van der Waals surface area contributed by atoms with Gasteiger partial charge in [-0.1, -0.05) is 42.5 Å². The summed E-state index contributed by atoms with van der Waals surface area (Å²) in [6, 6.07) is 14.9. The van der Waals surface area contributed by atoms with Gasteiger partial charge in [-0.3, -0.25) is 4.90 Å². The summed E-state index contributed by atoms with van der Waals surface area (Å²) in [4.78, 5) is 2.40. The van der Waals surface area contributed by atoms with Crippen LogP contribution in [-0.2, 0) is 25.6 Å². The molecule has 2 atom stereocenters. The molecule has 0 N–H and O–H groups in total. The lowest BCUT2D eigenvalue weighted by molar-refractivity contribution is -0.137. The van der Waals surface area contributed by atoms with Gasteiger partial charge in [-0.15, -0.1) is 0 Å². The average molecular weight is 345 g/mol. The smallest absolute Gasteiger partial charge is 0.296 e. The number of fused-ring (bicyclic) bond motifs is 2. The Morgan fingerprint density at radius 1 is 0.920 bits per heavy atom. The molecule has 3 aliphatic rings. The number of alkyl halides is 3. The quantitative estimate of drug-likeness (QED) is 0.733. The minimum atomic E-state index is -4.27. The van der Waals surface area contributed by atoms with E-state index in [-0.39, 0.29) is 0 Å². The van der Waals surface area contributed by atoms with Crippen LogP contribution in [-0.4, -0.2) is 17.5 Å². The maximum Gasteiger partial charge on any atom is 0.416 e. The Balaban J connectivity index is 1.56. The minimum absolute atomic E-state index is 0.423. The summed E-state index contributed by atoms with van der Waals surface area (Å²) >= 11 is 0. The van der Waals surface area contributed by atoms with Crippen LogP contribution in [0.1, 0.15) is 35.1 Å². The molecule has 5 rings (SSSR count). The second kappa shape index (κ2) is 6.49. The maximum absolute atomic E-state index is 13.0. The van der Waals surface area contributed by atoms with E-state index in [2.05, 4.69) is 29.2 Å². The van der Waals surface area contributed by atoms with Crippen molar-refractivity contribution in [3.05, 3.63) is 70.8 Å². The Kier molecular flexibility index (Phi) is 4.32. The molecule has 1 nitrogen and oxygen atoms in total. The van der Waals surface area contributed by atoms with E-state index < -0.39 is 11.7 Å². The molecule has 1 saturated heterocycles. The first-order chi connectivity index (χ1) is 12.0. The number of halogens is 3. The summed E-state index contributed by atoms with van der Waals surface area (Å²) in [5.74, 6) is 0.600. The lowest BCUT2D eigenvalue weighted by atomic mass is 9.80. The van der Waals surface area contributed by atoms with Crippen molar-refractivity contribution < 1.29 is 13.2 Å². The molecule has 0 saturated carbocycles. The first-order valence-electron chi connectivity index (χ1n) is 8.96. The van der Waals surface area contributed by atoms with Crippen LogP contribution < -0.4 is 0 Å². The lowest BCUT2D eigenvalue weighted by Crippen LogP contribution is -2.46. The van der Waals surface area contributed by atoms with E-state index in [4.69, 9.17) is 0 Å². The van der Waals surface area contributed by atoms with Crippen LogP contribution in [0.5, 0.6) is 0 Å². The van der Waals surface area contributed by atoms with Crippen molar-refractivity contribution in [3.63, 3.8) is 0 Å². The molecular formula is C21H22F3N. The fraction of sp³-hybridized carbons (Fsp3) is 0.429. The number of hydrogen-bond acceptors (Lipinski definition) is 1. The summed E-state index contributed by atoms with van der Waals surface area (Å²) < 4.78 is 38.9. The summed E-state index contributed by atoms with van der Waals surface area (Å²) in [7, 11) is 0. The van der Waals surface area contributed by atoms with E-state index in [0.29, 0.717) is 18.5 Å². The third-order valence-electron chi connectivity index (χ3n) is 5.64. The fourth-order valence-corrected chi connectivity index (χ4v) is 4.38. The van der Waals surface area contributed by atoms with Gasteiger partial charge in [0.05, 0.1) is 5.56 Å². The minimum Gasteiger partial charge on any atom is -0.296 e.